The molecule has 144 valence electrons. The van der Waals surface area contributed by atoms with Gasteiger partial charge in [-0.25, -0.2) is 0 Å². The third-order valence-corrected chi connectivity index (χ3v) is 7.42. The average Bonchev–Trinajstić information content (AvgIpc) is 3.16. The maximum absolute atomic E-state index is 13.0. The number of carbonyl (C=O) groups excluding carboxylic acids is 1. The van der Waals surface area contributed by atoms with E-state index in [2.05, 4.69) is 53.1 Å². The van der Waals surface area contributed by atoms with Gasteiger partial charge in [-0.3, -0.25) is 9.69 Å². The Hall–Kier alpha value is -1.65. The highest BCUT2D eigenvalue weighted by molar-refractivity contribution is 7.14. The second-order valence-corrected chi connectivity index (χ2v) is 9.08. The van der Waals surface area contributed by atoms with Crippen LogP contribution in [0.3, 0.4) is 0 Å². The van der Waals surface area contributed by atoms with Crippen LogP contribution in [0.15, 0.2) is 36.4 Å². The van der Waals surface area contributed by atoms with E-state index < -0.39 is 0 Å². The Kier molecular flexibility index (Phi) is 5.94. The van der Waals surface area contributed by atoms with Crippen LogP contribution in [-0.2, 0) is 19.3 Å². The average molecular weight is 383 g/mol. The Morgan fingerprint density at radius 3 is 2.67 bits per heavy atom. The minimum atomic E-state index is 0.255. The molecule has 4 rings (SSSR count). The summed E-state index contributed by atoms with van der Waals surface area (Å²) >= 11 is 1.75. The molecule has 0 spiro atoms. The number of nitrogens with zero attached hydrogens (tertiary/aromatic N) is 2. The molecule has 1 aromatic heterocycles. The molecule has 1 saturated heterocycles. The summed E-state index contributed by atoms with van der Waals surface area (Å²) in [4.78, 5) is 20.0. The number of hydrogen-bond donors (Lipinski definition) is 0. The van der Waals surface area contributed by atoms with Gasteiger partial charge in [-0.05, 0) is 48.8 Å². The van der Waals surface area contributed by atoms with Crippen LogP contribution in [0.1, 0.15) is 45.4 Å². The standard InChI is InChI=1S/C23H30N2OS/c1-2-18-8-9-21-20(16-18)17-22(27-21)23(26)25-14-12-24(13-15-25)11-10-19-6-4-3-5-7-19/h3-7,17-18H,2,8-16H2,1H3/t18-/m0/s1. The highest BCUT2D eigenvalue weighted by Gasteiger charge is 2.26. The Balaban J connectivity index is 1.29. The number of piperazine rings is 1. The molecular weight excluding hydrogens is 352 g/mol. The molecular formula is C23H30N2OS. The topological polar surface area (TPSA) is 23.6 Å². The largest absolute Gasteiger partial charge is 0.335 e. The molecule has 0 saturated carbocycles. The van der Waals surface area contributed by atoms with Crippen LogP contribution >= 0.6 is 11.3 Å². The summed E-state index contributed by atoms with van der Waals surface area (Å²) < 4.78 is 0. The monoisotopic (exact) mass is 382 g/mol. The summed E-state index contributed by atoms with van der Waals surface area (Å²) in [5, 5.41) is 0. The highest BCUT2D eigenvalue weighted by Crippen LogP contribution is 2.34. The van der Waals surface area contributed by atoms with Crippen molar-refractivity contribution in [3.63, 3.8) is 0 Å². The Morgan fingerprint density at radius 2 is 1.93 bits per heavy atom. The van der Waals surface area contributed by atoms with Crippen molar-refractivity contribution < 1.29 is 4.79 Å². The van der Waals surface area contributed by atoms with E-state index in [1.807, 2.05) is 0 Å². The van der Waals surface area contributed by atoms with E-state index in [1.54, 1.807) is 11.3 Å². The van der Waals surface area contributed by atoms with Gasteiger partial charge in [0.25, 0.3) is 5.91 Å². The molecule has 27 heavy (non-hydrogen) atoms. The van der Waals surface area contributed by atoms with Gasteiger partial charge in [-0.15, -0.1) is 11.3 Å². The van der Waals surface area contributed by atoms with Crippen LogP contribution < -0.4 is 0 Å². The number of thiophene rings is 1. The zero-order chi connectivity index (χ0) is 18.6. The van der Waals surface area contributed by atoms with Crippen LogP contribution in [0.4, 0.5) is 0 Å². The molecule has 1 aromatic carbocycles. The van der Waals surface area contributed by atoms with Gasteiger partial charge in [-0.1, -0.05) is 43.7 Å². The molecule has 0 N–H and O–H groups in total. The maximum atomic E-state index is 13.0. The third-order valence-electron chi connectivity index (χ3n) is 6.19. The Bertz CT molecular complexity index is 762. The summed E-state index contributed by atoms with van der Waals surface area (Å²) in [6, 6.07) is 12.9. The van der Waals surface area contributed by atoms with Gasteiger partial charge in [-0.2, -0.15) is 0 Å². The van der Waals surface area contributed by atoms with Gasteiger partial charge in [0.2, 0.25) is 0 Å². The van der Waals surface area contributed by atoms with Crippen LogP contribution in [0, 0.1) is 5.92 Å². The van der Waals surface area contributed by atoms with Gasteiger partial charge in [0.05, 0.1) is 4.88 Å². The fraction of sp³-hybridized carbons (Fsp3) is 0.522. The van der Waals surface area contributed by atoms with E-state index in [9.17, 15) is 4.79 Å². The Labute approximate surface area is 167 Å². The number of carbonyl (C=O) groups is 1. The number of aryl methyl sites for hydroxylation is 1. The molecule has 4 heteroatoms. The highest BCUT2D eigenvalue weighted by atomic mass is 32.1. The van der Waals surface area contributed by atoms with Gasteiger partial charge in [0.1, 0.15) is 0 Å². The smallest absolute Gasteiger partial charge is 0.264 e. The summed E-state index contributed by atoms with van der Waals surface area (Å²) in [6.07, 6.45) is 5.97. The quantitative estimate of drug-likeness (QED) is 0.771. The molecule has 0 radical (unpaired) electrons. The molecule has 1 aliphatic heterocycles. The van der Waals surface area contributed by atoms with Gasteiger partial charge in [0.15, 0.2) is 0 Å². The summed E-state index contributed by atoms with van der Waals surface area (Å²) in [5.41, 5.74) is 2.84. The third kappa shape index (κ3) is 4.44. The van der Waals surface area contributed by atoms with Crippen molar-refractivity contribution in [2.24, 2.45) is 5.92 Å². The molecule has 1 amide bonds. The van der Waals surface area contributed by atoms with Crippen LogP contribution in [0.25, 0.3) is 0 Å². The number of amides is 1. The lowest BCUT2D eigenvalue weighted by atomic mass is 9.87. The van der Waals surface area contributed by atoms with Crippen molar-refractivity contribution >= 4 is 17.2 Å². The van der Waals surface area contributed by atoms with E-state index in [1.165, 1.54) is 41.7 Å². The number of rotatable bonds is 5. The lowest BCUT2D eigenvalue weighted by molar-refractivity contribution is 0.0643. The van der Waals surface area contributed by atoms with E-state index in [0.717, 1.165) is 49.9 Å². The number of fused-ring (bicyclic) bond motifs is 1. The van der Waals surface area contributed by atoms with Gasteiger partial charge in [0, 0.05) is 37.6 Å². The molecule has 2 aliphatic rings. The molecule has 2 heterocycles. The number of benzene rings is 1. The summed E-state index contributed by atoms with van der Waals surface area (Å²) in [6.45, 7) is 7.05. The fourth-order valence-corrected chi connectivity index (χ4v) is 5.49. The van der Waals surface area contributed by atoms with E-state index in [-0.39, 0.29) is 5.91 Å². The molecule has 1 fully saturated rings. The maximum Gasteiger partial charge on any atom is 0.264 e. The SMILES string of the molecule is CC[C@H]1CCc2sc(C(=O)N3CCN(CCc4ccccc4)CC3)cc2C1. The number of hydrogen-bond acceptors (Lipinski definition) is 3. The van der Waals surface area contributed by atoms with Crippen molar-refractivity contribution in [3.05, 3.63) is 57.3 Å². The van der Waals surface area contributed by atoms with Crippen LogP contribution in [0.2, 0.25) is 0 Å². The zero-order valence-corrected chi connectivity index (χ0v) is 17.1. The van der Waals surface area contributed by atoms with E-state index in [4.69, 9.17) is 0 Å². The fourth-order valence-electron chi connectivity index (χ4n) is 4.32. The molecule has 1 aliphatic carbocycles. The molecule has 3 nitrogen and oxygen atoms in total. The first-order valence-corrected chi connectivity index (χ1v) is 11.2. The van der Waals surface area contributed by atoms with E-state index >= 15 is 0 Å². The Morgan fingerprint density at radius 1 is 1.15 bits per heavy atom. The van der Waals surface area contributed by atoms with Gasteiger partial charge >= 0.3 is 0 Å². The first-order valence-electron chi connectivity index (χ1n) is 10.4. The van der Waals surface area contributed by atoms with Crippen molar-refractivity contribution in [1.82, 2.24) is 9.80 Å². The van der Waals surface area contributed by atoms with Gasteiger partial charge < -0.3 is 4.90 Å². The van der Waals surface area contributed by atoms with Crippen molar-refractivity contribution in [2.75, 3.05) is 32.7 Å². The lowest BCUT2D eigenvalue weighted by Crippen LogP contribution is -2.49. The minimum absolute atomic E-state index is 0.255. The molecule has 2 aromatic rings. The summed E-state index contributed by atoms with van der Waals surface area (Å²) in [7, 11) is 0. The normalized spacial score (nSPS) is 20.5. The van der Waals surface area contributed by atoms with Crippen LogP contribution in [-0.4, -0.2) is 48.4 Å². The molecule has 0 unspecified atom stereocenters. The second kappa shape index (κ2) is 8.57. The predicted molar refractivity (Wildman–Crippen MR) is 113 cm³/mol. The lowest BCUT2D eigenvalue weighted by Gasteiger charge is -2.34. The zero-order valence-electron chi connectivity index (χ0n) is 16.3. The van der Waals surface area contributed by atoms with Crippen LogP contribution in [0.5, 0.6) is 0 Å². The molecule has 0 bridgehead atoms. The first kappa shape index (κ1) is 18.7. The first-order chi connectivity index (χ1) is 13.2. The van der Waals surface area contributed by atoms with Crippen molar-refractivity contribution in [1.29, 1.82) is 0 Å². The minimum Gasteiger partial charge on any atom is -0.335 e. The molecule has 1 atom stereocenters. The van der Waals surface area contributed by atoms with E-state index in [0.29, 0.717) is 0 Å². The van der Waals surface area contributed by atoms with Crippen molar-refractivity contribution in [3.8, 4) is 0 Å². The van der Waals surface area contributed by atoms with Crippen molar-refractivity contribution in [2.45, 2.75) is 39.0 Å². The predicted octanol–water partition coefficient (Wildman–Crippen LogP) is 4.26. The summed E-state index contributed by atoms with van der Waals surface area (Å²) in [5.74, 6) is 1.06. The second-order valence-electron chi connectivity index (χ2n) is 7.95.